The number of carboxylic acid groups (broad SMARTS) is 1. The topological polar surface area (TPSA) is 49.3 Å². The molecule has 0 spiro atoms. The molecule has 1 unspecified atom stereocenters. The van der Waals surface area contributed by atoms with Gasteiger partial charge in [-0.25, -0.2) is 4.79 Å². The molecule has 0 aliphatic heterocycles. The number of anilines is 1. The largest absolute Gasteiger partial charge is 0.465 e. The van der Waals surface area contributed by atoms with Crippen molar-refractivity contribution in [2.45, 2.75) is 25.1 Å². The van der Waals surface area contributed by atoms with E-state index in [4.69, 9.17) is 28.3 Å². The van der Waals surface area contributed by atoms with E-state index in [-0.39, 0.29) is 5.38 Å². The molecule has 1 amide bonds. The number of alkyl halides is 1. The third-order valence-electron chi connectivity index (χ3n) is 2.19. The number of hydrogen-bond acceptors (Lipinski definition) is 1. The Hall–Kier alpha value is -0.930. The van der Waals surface area contributed by atoms with Crippen LogP contribution in [0.2, 0.25) is 5.02 Å². The van der Waals surface area contributed by atoms with Crippen molar-refractivity contribution < 1.29 is 9.90 Å². The minimum Gasteiger partial charge on any atom is -0.465 e. The molecular formula is C11H13Cl2NO2. The minimum absolute atomic E-state index is 0.0517. The highest BCUT2D eigenvalue weighted by Gasteiger charge is 2.08. The summed E-state index contributed by atoms with van der Waals surface area (Å²) < 4.78 is 0. The second-order valence-corrected chi connectivity index (χ2v) is 4.47. The monoisotopic (exact) mass is 261 g/mol. The van der Waals surface area contributed by atoms with Crippen LogP contribution in [0.3, 0.4) is 0 Å². The Morgan fingerprint density at radius 3 is 2.75 bits per heavy atom. The van der Waals surface area contributed by atoms with Crippen LogP contribution in [0.25, 0.3) is 0 Å². The predicted molar refractivity (Wildman–Crippen MR) is 66.7 cm³/mol. The summed E-state index contributed by atoms with van der Waals surface area (Å²) in [7, 11) is 0. The average Bonchev–Trinajstić information content (AvgIpc) is 2.21. The molecule has 0 aromatic heterocycles. The maximum atomic E-state index is 10.4. The summed E-state index contributed by atoms with van der Waals surface area (Å²) in [6.07, 6.45) is 0.449. The van der Waals surface area contributed by atoms with E-state index in [9.17, 15) is 4.79 Å². The number of carbonyl (C=O) groups is 1. The summed E-state index contributed by atoms with van der Waals surface area (Å²) in [4.78, 5) is 10.4. The fraction of sp³-hybridized carbons (Fsp3) is 0.364. The Morgan fingerprint density at radius 2 is 2.25 bits per heavy atom. The van der Waals surface area contributed by atoms with E-state index in [0.717, 1.165) is 12.0 Å². The first-order valence-corrected chi connectivity index (χ1v) is 5.76. The average molecular weight is 262 g/mol. The summed E-state index contributed by atoms with van der Waals surface area (Å²) in [5, 5.41) is 11.4. The second kappa shape index (κ2) is 5.97. The molecule has 1 atom stereocenters. The molecule has 2 N–H and O–H groups in total. The minimum atomic E-state index is -1.10. The zero-order valence-corrected chi connectivity index (χ0v) is 10.3. The number of benzene rings is 1. The van der Waals surface area contributed by atoms with Crippen LogP contribution in [-0.2, 0) is 6.42 Å². The Bertz CT molecular complexity index is 382. The van der Waals surface area contributed by atoms with Gasteiger partial charge in [0, 0.05) is 16.1 Å². The summed E-state index contributed by atoms with van der Waals surface area (Å²) >= 11 is 12.0. The predicted octanol–water partition coefficient (Wildman–Crippen LogP) is 3.99. The van der Waals surface area contributed by atoms with Crippen LogP contribution in [0.1, 0.15) is 18.9 Å². The van der Waals surface area contributed by atoms with Crippen molar-refractivity contribution in [2.24, 2.45) is 0 Å². The number of amides is 1. The van der Waals surface area contributed by atoms with E-state index in [1.807, 2.05) is 6.92 Å². The summed E-state index contributed by atoms with van der Waals surface area (Å²) in [5.74, 6) is 0. The number of rotatable bonds is 4. The second-order valence-electron chi connectivity index (χ2n) is 3.45. The van der Waals surface area contributed by atoms with Crippen LogP contribution >= 0.6 is 23.2 Å². The van der Waals surface area contributed by atoms with Gasteiger partial charge in [-0.05, 0) is 30.5 Å². The highest BCUT2D eigenvalue weighted by atomic mass is 35.5. The van der Waals surface area contributed by atoms with Gasteiger partial charge >= 0.3 is 6.09 Å². The third kappa shape index (κ3) is 3.91. The standard InChI is InChI=1S/C11H13Cl2NO2/c1-2-8(12)5-7-3-4-9(6-10(7)13)14-11(15)16/h3-4,6,8,14H,2,5H2,1H3,(H,15,16). The molecule has 1 aromatic rings. The Morgan fingerprint density at radius 1 is 1.56 bits per heavy atom. The van der Waals surface area contributed by atoms with Gasteiger partial charge in [-0.15, -0.1) is 11.6 Å². The molecular weight excluding hydrogens is 249 g/mol. The molecule has 3 nitrogen and oxygen atoms in total. The summed E-state index contributed by atoms with van der Waals surface area (Å²) in [5.41, 5.74) is 1.39. The molecule has 0 radical (unpaired) electrons. The zero-order valence-electron chi connectivity index (χ0n) is 8.84. The summed E-state index contributed by atoms with van der Waals surface area (Å²) in [6.45, 7) is 2.01. The molecule has 1 aromatic carbocycles. The Balaban J connectivity index is 2.79. The van der Waals surface area contributed by atoms with E-state index in [0.29, 0.717) is 17.1 Å². The van der Waals surface area contributed by atoms with Gasteiger partial charge in [0.2, 0.25) is 0 Å². The van der Waals surface area contributed by atoms with E-state index >= 15 is 0 Å². The fourth-order valence-electron chi connectivity index (χ4n) is 1.30. The molecule has 0 heterocycles. The Kier molecular flexibility index (Phi) is 4.90. The van der Waals surface area contributed by atoms with Crippen LogP contribution in [0, 0.1) is 0 Å². The van der Waals surface area contributed by atoms with Crippen LogP contribution in [0.5, 0.6) is 0 Å². The fourth-order valence-corrected chi connectivity index (χ4v) is 1.72. The van der Waals surface area contributed by atoms with Crippen molar-refractivity contribution in [1.29, 1.82) is 0 Å². The SMILES string of the molecule is CCC(Cl)Cc1ccc(NC(=O)O)cc1Cl. The van der Waals surface area contributed by atoms with Crippen molar-refractivity contribution in [3.8, 4) is 0 Å². The van der Waals surface area contributed by atoms with Gasteiger partial charge < -0.3 is 5.11 Å². The quantitative estimate of drug-likeness (QED) is 0.806. The molecule has 5 heteroatoms. The van der Waals surface area contributed by atoms with Gasteiger partial charge in [0.1, 0.15) is 0 Å². The first-order valence-electron chi connectivity index (χ1n) is 4.95. The van der Waals surface area contributed by atoms with Crippen molar-refractivity contribution in [3.05, 3.63) is 28.8 Å². The zero-order chi connectivity index (χ0) is 12.1. The molecule has 1 rings (SSSR count). The lowest BCUT2D eigenvalue weighted by Crippen LogP contribution is -2.08. The normalized spacial score (nSPS) is 12.2. The van der Waals surface area contributed by atoms with Crippen molar-refractivity contribution >= 4 is 35.0 Å². The molecule has 0 bridgehead atoms. The molecule has 0 saturated carbocycles. The van der Waals surface area contributed by atoms with Crippen molar-refractivity contribution in [1.82, 2.24) is 0 Å². The van der Waals surface area contributed by atoms with Crippen LogP contribution in [0.15, 0.2) is 18.2 Å². The number of hydrogen-bond donors (Lipinski definition) is 2. The highest BCUT2D eigenvalue weighted by Crippen LogP contribution is 2.24. The first-order chi connectivity index (χ1) is 7.52. The van der Waals surface area contributed by atoms with Crippen LogP contribution in [-0.4, -0.2) is 16.6 Å². The van der Waals surface area contributed by atoms with Crippen molar-refractivity contribution in [3.63, 3.8) is 0 Å². The van der Waals surface area contributed by atoms with Gasteiger partial charge in [-0.3, -0.25) is 5.32 Å². The van der Waals surface area contributed by atoms with E-state index in [2.05, 4.69) is 5.32 Å². The van der Waals surface area contributed by atoms with Crippen LogP contribution < -0.4 is 5.32 Å². The third-order valence-corrected chi connectivity index (χ3v) is 3.00. The first kappa shape index (κ1) is 13.1. The molecule has 0 aliphatic rings. The maximum absolute atomic E-state index is 10.4. The highest BCUT2D eigenvalue weighted by molar-refractivity contribution is 6.31. The Labute approximate surface area is 104 Å². The lowest BCUT2D eigenvalue weighted by molar-refractivity contribution is 0.210. The molecule has 16 heavy (non-hydrogen) atoms. The lowest BCUT2D eigenvalue weighted by atomic mass is 10.1. The van der Waals surface area contributed by atoms with Gasteiger partial charge in [-0.2, -0.15) is 0 Å². The molecule has 0 fully saturated rings. The number of halogens is 2. The van der Waals surface area contributed by atoms with E-state index in [1.54, 1.807) is 18.2 Å². The van der Waals surface area contributed by atoms with Gasteiger partial charge in [0.15, 0.2) is 0 Å². The smallest absolute Gasteiger partial charge is 0.409 e. The molecule has 88 valence electrons. The molecule has 0 aliphatic carbocycles. The van der Waals surface area contributed by atoms with Gasteiger partial charge in [0.25, 0.3) is 0 Å². The number of nitrogens with one attached hydrogen (secondary N) is 1. The van der Waals surface area contributed by atoms with E-state index in [1.165, 1.54) is 0 Å². The van der Waals surface area contributed by atoms with Crippen molar-refractivity contribution in [2.75, 3.05) is 5.32 Å². The lowest BCUT2D eigenvalue weighted by Gasteiger charge is -2.09. The van der Waals surface area contributed by atoms with E-state index < -0.39 is 6.09 Å². The van der Waals surface area contributed by atoms with Gasteiger partial charge in [0.05, 0.1) is 0 Å². The maximum Gasteiger partial charge on any atom is 0.409 e. The van der Waals surface area contributed by atoms with Crippen LogP contribution in [0.4, 0.5) is 10.5 Å². The summed E-state index contributed by atoms with van der Waals surface area (Å²) in [6, 6.07) is 5.05. The van der Waals surface area contributed by atoms with Gasteiger partial charge in [-0.1, -0.05) is 24.6 Å². The molecule has 0 saturated heterocycles.